The zero-order valence-corrected chi connectivity index (χ0v) is 27.3. The Hall–Kier alpha value is -3.07. The first-order valence-electron chi connectivity index (χ1n) is 15.0. The monoisotopic (exact) mass is 537 g/mol. The van der Waals surface area contributed by atoms with Crippen molar-refractivity contribution in [1.29, 1.82) is 0 Å². The first-order valence-corrected chi connectivity index (χ1v) is 15.0. The molecule has 0 radical (unpaired) electrons. The van der Waals surface area contributed by atoms with E-state index in [9.17, 15) is 0 Å². The third-order valence-electron chi connectivity index (χ3n) is 7.68. The van der Waals surface area contributed by atoms with Crippen molar-refractivity contribution in [2.75, 3.05) is 0 Å². The summed E-state index contributed by atoms with van der Waals surface area (Å²) in [5.74, 6) is 1.56. The maximum atomic E-state index is 5.27. The number of pyridine rings is 1. The van der Waals surface area contributed by atoms with Crippen molar-refractivity contribution in [1.82, 2.24) is 4.98 Å². The van der Waals surface area contributed by atoms with Crippen LogP contribution in [0.1, 0.15) is 153 Å². The summed E-state index contributed by atoms with van der Waals surface area (Å²) in [6, 6.07) is 17.6. The van der Waals surface area contributed by atoms with Gasteiger partial charge in [-0.1, -0.05) is 113 Å². The molecule has 0 aliphatic heterocycles. The highest BCUT2D eigenvalue weighted by Crippen LogP contribution is 2.37. The molecule has 0 fully saturated rings. The maximum absolute atomic E-state index is 5.27. The number of nitrogens with zero attached hydrogens (tertiary/aromatic N) is 3. The van der Waals surface area contributed by atoms with Gasteiger partial charge in [-0.25, -0.2) is 4.98 Å². The lowest BCUT2D eigenvalue weighted by Crippen LogP contribution is -2.16. The molecule has 214 valence electrons. The minimum atomic E-state index is -0.0368. The van der Waals surface area contributed by atoms with Gasteiger partial charge in [-0.3, -0.25) is 9.98 Å². The van der Waals surface area contributed by atoms with Crippen molar-refractivity contribution in [3.05, 3.63) is 87.7 Å². The Labute approximate surface area is 244 Å². The SMILES string of the molecule is CC(=Nc1c(C(C)C)cccc1C(C)C)c1cc(C(C)(C)C)cc(C(C)=Nc2c(C(C)C)cccc2C(C)C)n1. The number of para-hydroxylation sites is 2. The van der Waals surface area contributed by atoms with Crippen LogP contribution in [0.15, 0.2) is 58.5 Å². The quantitative estimate of drug-likeness (QED) is 0.263. The van der Waals surface area contributed by atoms with E-state index in [4.69, 9.17) is 15.0 Å². The van der Waals surface area contributed by atoms with Crippen molar-refractivity contribution in [3.63, 3.8) is 0 Å². The van der Waals surface area contributed by atoms with Gasteiger partial charge in [0.25, 0.3) is 0 Å². The molecule has 3 nitrogen and oxygen atoms in total. The fourth-order valence-electron chi connectivity index (χ4n) is 5.07. The predicted molar refractivity (Wildman–Crippen MR) is 176 cm³/mol. The average molecular weight is 538 g/mol. The fraction of sp³-hybridized carbons (Fsp3) is 0.486. The van der Waals surface area contributed by atoms with Gasteiger partial charge in [0.15, 0.2) is 0 Å². The van der Waals surface area contributed by atoms with Crippen LogP contribution in [0.5, 0.6) is 0 Å². The molecule has 3 rings (SSSR count). The number of hydrogen-bond donors (Lipinski definition) is 0. The number of aromatic nitrogens is 1. The van der Waals surface area contributed by atoms with Crippen molar-refractivity contribution in [3.8, 4) is 0 Å². The van der Waals surface area contributed by atoms with Gasteiger partial charge in [0.1, 0.15) is 0 Å². The summed E-state index contributed by atoms with van der Waals surface area (Å²) in [6.07, 6.45) is 0. The van der Waals surface area contributed by atoms with Gasteiger partial charge in [0, 0.05) is 0 Å². The van der Waals surface area contributed by atoms with E-state index in [2.05, 4.69) is 139 Å². The highest BCUT2D eigenvalue weighted by atomic mass is 14.8. The second-order valence-electron chi connectivity index (χ2n) is 13.5. The fourth-order valence-corrected chi connectivity index (χ4v) is 5.07. The zero-order chi connectivity index (χ0) is 29.9. The molecule has 0 bridgehead atoms. The number of rotatable bonds is 8. The van der Waals surface area contributed by atoms with Gasteiger partial charge in [0.2, 0.25) is 0 Å². The van der Waals surface area contributed by atoms with E-state index in [-0.39, 0.29) is 5.41 Å². The van der Waals surface area contributed by atoms with Crippen LogP contribution in [0, 0.1) is 0 Å². The Morgan fingerprint density at radius 3 is 1.12 bits per heavy atom. The number of benzene rings is 2. The van der Waals surface area contributed by atoms with Crippen LogP contribution < -0.4 is 0 Å². The van der Waals surface area contributed by atoms with Crippen molar-refractivity contribution in [2.45, 2.75) is 119 Å². The molecular formula is C37H51N3. The smallest absolute Gasteiger partial charge is 0.0852 e. The van der Waals surface area contributed by atoms with Crippen molar-refractivity contribution < 1.29 is 0 Å². The molecule has 0 saturated carbocycles. The second kappa shape index (κ2) is 12.6. The molecule has 0 atom stereocenters. The van der Waals surface area contributed by atoms with E-state index in [0.29, 0.717) is 23.7 Å². The minimum absolute atomic E-state index is 0.0368. The Bertz CT molecular complexity index is 1250. The van der Waals surface area contributed by atoms with Crippen LogP contribution in [0.25, 0.3) is 0 Å². The molecule has 3 heteroatoms. The van der Waals surface area contributed by atoms with E-state index in [1.807, 2.05) is 0 Å². The maximum Gasteiger partial charge on any atom is 0.0852 e. The molecule has 0 unspecified atom stereocenters. The average Bonchev–Trinajstić information content (AvgIpc) is 2.87. The van der Waals surface area contributed by atoms with E-state index >= 15 is 0 Å². The Morgan fingerprint density at radius 2 is 0.875 bits per heavy atom. The molecule has 1 aromatic heterocycles. The lowest BCUT2D eigenvalue weighted by molar-refractivity contribution is 0.589. The number of aliphatic imine (C=N–C) groups is 2. The van der Waals surface area contributed by atoms with Crippen molar-refractivity contribution >= 4 is 22.8 Å². The lowest BCUT2D eigenvalue weighted by atomic mass is 9.86. The molecule has 1 heterocycles. The molecule has 0 aliphatic rings. The van der Waals surface area contributed by atoms with Crippen LogP contribution in [0.2, 0.25) is 0 Å². The molecule has 0 aliphatic carbocycles. The van der Waals surface area contributed by atoms with Crippen LogP contribution in [-0.2, 0) is 5.41 Å². The molecule has 0 amide bonds. The van der Waals surface area contributed by atoms with E-state index in [1.165, 1.54) is 27.8 Å². The van der Waals surface area contributed by atoms with Gasteiger partial charge in [-0.05, 0) is 82.9 Å². The summed E-state index contributed by atoms with van der Waals surface area (Å²) in [5, 5.41) is 0. The van der Waals surface area contributed by atoms with E-state index in [1.54, 1.807) is 0 Å². The first-order chi connectivity index (χ1) is 18.6. The largest absolute Gasteiger partial charge is 0.251 e. The van der Waals surface area contributed by atoms with Crippen molar-refractivity contribution in [2.24, 2.45) is 9.98 Å². The predicted octanol–water partition coefficient (Wildman–Crippen LogP) is 11.2. The lowest BCUT2D eigenvalue weighted by Gasteiger charge is -2.22. The summed E-state index contributed by atoms with van der Waals surface area (Å²) < 4.78 is 0. The van der Waals surface area contributed by atoms with Gasteiger partial charge < -0.3 is 0 Å². The highest BCUT2D eigenvalue weighted by molar-refractivity contribution is 6.03. The molecular weight excluding hydrogens is 486 g/mol. The van der Waals surface area contributed by atoms with Gasteiger partial charge in [-0.2, -0.15) is 0 Å². The van der Waals surface area contributed by atoms with Gasteiger partial charge in [-0.15, -0.1) is 0 Å². The van der Waals surface area contributed by atoms with E-state index in [0.717, 1.165) is 34.2 Å². The molecule has 40 heavy (non-hydrogen) atoms. The van der Waals surface area contributed by atoms with Crippen LogP contribution in [0.4, 0.5) is 11.4 Å². The summed E-state index contributed by atoms with van der Waals surface area (Å²) in [6.45, 7) is 28.9. The summed E-state index contributed by atoms with van der Waals surface area (Å²) in [7, 11) is 0. The Kier molecular flexibility index (Phi) is 9.93. The Balaban J connectivity index is 2.26. The minimum Gasteiger partial charge on any atom is -0.251 e. The van der Waals surface area contributed by atoms with Crippen LogP contribution in [0.3, 0.4) is 0 Å². The molecule has 2 aromatic carbocycles. The molecule has 0 spiro atoms. The standard InChI is InChI=1S/C37H51N3/c1-22(2)29-16-14-17-30(23(3)4)35(29)38-26(9)33-20-28(37(11,12)13)21-34(40-33)27(10)39-36-31(24(5)6)18-15-19-32(36)25(7)8/h14-25H,1-13H3. The summed E-state index contributed by atoms with van der Waals surface area (Å²) in [4.78, 5) is 15.7. The highest BCUT2D eigenvalue weighted by Gasteiger charge is 2.20. The zero-order valence-electron chi connectivity index (χ0n) is 27.3. The summed E-state index contributed by atoms with van der Waals surface area (Å²) >= 11 is 0. The first kappa shape index (κ1) is 31.5. The molecule has 0 N–H and O–H groups in total. The Morgan fingerprint density at radius 1 is 0.575 bits per heavy atom. The van der Waals surface area contributed by atoms with E-state index < -0.39 is 0 Å². The normalized spacial score (nSPS) is 13.3. The number of hydrogen-bond acceptors (Lipinski definition) is 3. The van der Waals surface area contributed by atoms with Crippen LogP contribution >= 0.6 is 0 Å². The third kappa shape index (κ3) is 7.16. The summed E-state index contributed by atoms with van der Waals surface area (Å²) in [5.41, 5.74) is 12.2. The van der Waals surface area contributed by atoms with Gasteiger partial charge >= 0.3 is 0 Å². The van der Waals surface area contributed by atoms with Gasteiger partial charge in [0.05, 0.1) is 34.2 Å². The third-order valence-corrected chi connectivity index (χ3v) is 7.68. The molecule has 3 aromatic rings. The van der Waals surface area contributed by atoms with Crippen LogP contribution in [-0.4, -0.2) is 16.4 Å². The second-order valence-corrected chi connectivity index (χ2v) is 13.5. The topological polar surface area (TPSA) is 37.6 Å². The molecule has 0 saturated heterocycles.